The van der Waals surface area contributed by atoms with Gasteiger partial charge >= 0.3 is 0 Å². The normalized spacial score (nSPS) is 16.2. The average molecular weight is 286 g/mol. The van der Waals surface area contributed by atoms with Crippen molar-refractivity contribution in [2.24, 2.45) is 0 Å². The minimum absolute atomic E-state index is 0.154. The molecule has 0 fully saturated rings. The third kappa shape index (κ3) is 2.84. The Morgan fingerprint density at radius 3 is 2.19 bits per heavy atom. The summed E-state index contributed by atoms with van der Waals surface area (Å²) in [4.78, 5) is 10.7. The van der Waals surface area contributed by atoms with Gasteiger partial charge < -0.3 is 5.32 Å². The SMILES string of the molecule is CCC1=C(C)NC(C)=C(CC)C1c1cccc([N+](=O)[O-])c1. The smallest absolute Gasteiger partial charge is 0.269 e. The van der Waals surface area contributed by atoms with Crippen molar-refractivity contribution in [2.45, 2.75) is 46.5 Å². The molecule has 0 aliphatic carbocycles. The van der Waals surface area contributed by atoms with Crippen molar-refractivity contribution in [3.63, 3.8) is 0 Å². The van der Waals surface area contributed by atoms with Crippen LogP contribution in [0.15, 0.2) is 46.8 Å². The van der Waals surface area contributed by atoms with Crippen molar-refractivity contribution in [3.8, 4) is 0 Å². The molecule has 1 N–H and O–H groups in total. The second-order valence-electron chi connectivity index (χ2n) is 5.42. The Balaban J connectivity index is 2.58. The maximum Gasteiger partial charge on any atom is 0.269 e. The molecule has 0 amide bonds. The highest BCUT2D eigenvalue weighted by Gasteiger charge is 2.27. The summed E-state index contributed by atoms with van der Waals surface area (Å²) in [7, 11) is 0. The molecule has 21 heavy (non-hydrogen) atoms. The van der Waals surface area contributed by atoms with Crippen LogP contribution in [-0.4, -0.2) is 4.92 Å². The number of rotatable bonds is 4. The van der Waals surface area contributed by atoms with E-state index < -0.39 is 0 Å². The Labute approximate surface area is 125 Å². The average Bonchev–Trinajstić information content (AvgIpc) is 2.46. The molecule has 1 aromatic carbocycles. The van der Waals surface area contributed by atoms with Crippen LogP contribution in [0.5, 0.6) is 0 Å². The van der Waals surface area contributed by atoms with Gasteiger partial charge in [-0.15, -0.1) is 0 Å². The largest absolute Gasteiger partial charge is 0.363 e. The van der Waals surface area contributed by atoms with Gasteiger partial charge in [0.2, 0.25) is 0 Å². The molecule has 0 spiro atoms. The van der Waals surface area contributed by atoms with Gasteiger partial charge in [0.05, 0.1) is 4.92 Å². The standard InChI is InChI=1S/C17H22N2O2/c1-5-15-11(3)18-12(4)16(6-2)17(15)13-8-7-9-14(10-13)19(20)21/h7-10,17-18H,5-6H2,1-4H3. The summed E-state index contributed by atoms with van der Waals surface area (Å²) in [6.07, 6.45) is 1.87. The summed E-state index contributed by atoms with van der Waals surface area (Å²) in [5.41, 5.74) is 6.15. The molecule has 0 aromatic heterocycles. The fraction of sp³-hybridized carbons (Fsp3) is 0.412. The first-order valence-electron chi connectivity index (χ1n) is 7.40. The van der Waals surface area contributed by atoms with Gasteiger partial charge in [-0.2, -0.15) is 0 Å². The van der Waals surface area contributed by atoms with Crippen LogP contribution in [0.25, 0.3) is 0 Å². The van der Waals surface area contributed by atoms with Gasteiger partial charge in [-0.05, 0) is 43.4 Å². The van der Waals surface area contributed by atoms with Crippen molar-refractivity contribution in [3.05, 3.63) is 62.5 Å². The number of non-ortho nitro benzene ring substituents is 1. The number of nitro benzene ring substituents is 1. The van der Waals surface area contributed by atoms with E-state index in [0.29, 0.717) is 0 Å². The van der Waals surface area contributed by atoms with E-state index in [9.17, 15) is 10.1 Å². The number of hydrogen-bond acceptors (Lipinski definition) is 3. The van der Waals surface area contributed by atoms with E-state index in [1.54, 1.807) is 18.2 Å². The van der Waals surface area contributed by atoms with Crippen LogP contribution in [0.2, 0.25) is 0 Å². The Morgan fingerprint density at radius 1 is 1.14 bits per heavy atom. The van der Waals surface area contributed by atoms with Crippen LogP contribution >= 0.6 is 0 Å². The van der Waals surface area contributed by atoms with Crippen LogP contribution < -0.4 is 5.32 Å². The lowest BCUT2D eigenvalue weighted by Gasteiger charge is -2.32. The molecular formula is C17H22N2O2. The van der Waals surface area contributed by atoms with E-state index in [2.05, 4.69) is 33.0 Å². The van der Waals surface area contributed by atoms with E-state index in [4.69, 9.17) is 0 Å². The third-order valence-corrected chi connectivity index (χ3v) is 4.21. The number of dihydropyridines is 1. The molecule has 0 radical (unpaired) electrons. The molecule has 0 saturated heterocycles. The Hall–Kier alpha value is -2.10. The summed E-state index contributed by atoms with van der Waals surface area (Å²) in [5, 5.41) is 14.5. The molecule has 0 saturated carbocycles. The number of nitrogens with one attached hydrogen (secondary N) is 1. The second kappa shape index (κ2) is 6.12. The van der Waals surface area contributed by atoms with Gasteiger partial charge in [0.1, 0.15) is 0 Å². The number of allylic oxidation sites excluding steroid dienone is 4. The molecule has 2 rings (SSSR count). The summed E-state index contributed by atoms with van der Waals surface area (Å²) in [6, 6.07) is 7.03. The lowest BCUT2D eigenvalue weighted by molar-refractivity contribution is -0.384. The zero-order valence-electron chi connectivity index (χ0n) is 13.1. The van der Waals surface area contributed by atoms with Crippen LogP contribution in [0, 0.1) is 10.1 Å². The molecule has 1 heterocycles. The molecule has 0 atom stereocenters. The Bertz CT molecular complexity index is 603. The number of nitrogens with zero attached hydrogens (tertiary/aromatic N) is 1. The highest BCUT2D eigenvalue weighted by atomic mass is 16.6. The lowest BCUT2D eigenvalue weighted by atomic mass is 9.78. The quantitative estimate of drug-likeness (QED) is 0.647. The summed E-state index contributed by atoms with van der Waals surface area (Å²) < 4.78 is 0. The van der Waals surface area contributed by atoms with E-state index >= 15 is 0 Å². The molecule has 1 aliphatic rings. The van der Waals surface area contributed by atoms with Crippen molar-refractivity contribution >= 4 is 5.69 Å². The molecule has 4 heteroatoms. The molecule has 112 valence electrons. The topological polar surface area (TPSA) is 55.2 Å². The van der Waals surface area contributed by atoms with E-state index in [1.807, 2.05) is 6.07 Å². The molecule has 4 nitrogen and oxygen atoms in total. The molecule has 0 bridgehead atoms. The minimum atomic E-state index is -0.324. The lowest BCUT2D eigenvalue weighted by Crippen LogP contribution is -2.24. The van der Waals surface area contributed by atoms with Gasteiger partial charge in [-0.1, -0.05) is 26.0 Å². The van der Waals surface area contributed by atoms with Gasteiger partial charge in [-0.3, -0.25) is 10.1 Å². The molecule has 1 aromatic rings. The summed E-state index contributed by atoms with van der Waals surface area (Å²) in [6.45, 7) is 8.44. The summed E-state index contributed by atoms with van der Waals surface area (Å²) >= 11 is 0. The maximum atomic E-state index is 11.0. The van der Waals surface area contributed by atoms with Crippen LogP contribution in [0.1, 0.15) is 52.0 Å². The zero-order chi connectivity index (χ0) is 15.6. The van der Waals surface area contributed by atoms with Gasteiger partial charge in [-0.25, -0.2) is 0 Å². The second-order valence-corrected chi connectivity index (χ2v) is 5.42. The predicted molar refractivity (Wildman–Crippen MR) is 85.0 cm³/mol. The number of hydrogen-bond donors (Lipinski definition) is 1. The maximum absolute atomic E-state index is 11.0. The van der Waals surface area contributed by atoms with Gasteiger partial charge in [0, 0.05) is 29.4 Å². The van der Waals surface area contributed by atoms with Gasteiger partial charge in [0.25, 0.3) is 5.69 Å². The fourth-order valence-electron chi connectivity index (χ4n) is 3.24. The Morgan fingerprint density at radius 2 is 1.71 bits per heavy atom. The highest BCUT2D eigenvalue weighted by molar-refractivity contribution is 5.48. The zero-order valence-corrected chi connectivity index (χ0v) is 13.1. The van der Waals surface area contributed by atoms with Crippen LogP contribution in [0.4, 0.5) is 5.69 Å². The molecular weight excluding hydrogens is 264 g/mol. The van der Waals surface area contributed by atoms with E-state index in [-0.39, 0.29) is 16.5 Å². The minimum Gasteiger partial charge on any atom is -0.363 e. The monoisotopic (exact) mass is 286 g/mol. The van der Waals surface area contributed by atoms with Crippen molar-refractivity contribution in [2.75, 3.05) is 0 Å². The molecule has 0 unspecified atom stereocenters. The van der Waals surface area contributed by atoms with Crippen LogP contribution in [0.3, 0.4) is 0 Å². The van der Waals surface area contributed by atoms with Crippen LogP contribution in [-0.2, 0) is 0 Å². The third-order valence-electron chi connectivity index (χ3n) is 4.21. The molecule has 1 aliphatic heterocycles. The fourth-order valence-corrected chi connectivity index (χ4v) is 3.24. The Kier molecular flexibility index (Phi) is 4.46. The van der Waals surface area contributed by atoms with Gasteiger partial charge in [0.15, 0.2) is 0 Å². The predicted octanol–water partition coefficient (Wildman–Crippen LogP) is 4.65. The first-order valence-corrected chi connectivity index (χ1v) is 7.40. The van der Waals surface area contributed by atoms with E-state index in [1.165, 1.54) is 22.5 Å². The number of nitro groups is 1. The van der Waals surface area contributed by atoms with E-state index in [0.717, 1.165) is 18.4 Å². The van der Waals surface area contributed by atoms with Crippen molar-refractivity contribution < 1.29 is 4.92 Å². The highest BCUT2D eigenvalue weighted by Crippen LogP contribution is 2.41. The van der Waals surface area contributed by atoms with Crippen molar-refractivity contribution in [1.82, 2.24) is 5.32 Å². The first kappa shape index (κ1) is 15.3. The first-order chi connectivity index (χ1) is 9.99. The van der Waals surface area contributed by atoms with Crippen molar-refractivity contribution in [1.29, 1.82) is 0 Å². The summed E-state index contributed by atoms with van der Waals surface area (Å²) in [5.74, 6) is 0.154. The number of benzene rings is 1.